The number of Topliss-reactive ketones (excluding diaryl/α,β-unsaturated/α-hetero) is 1. The highest BCUT2D eigenvalue weighted by Crippen LogP contribution is 2.22. The molecule has 14 heavy (non-hydrogen) atoms. The van der Waals surface area contributed by atoms with Gasteiger partial charge in [0.2, 0.25) is 0 Å². The minimum Gasteiger partial charge on any atom is -0.293 e. The monoisotopic (exact) mass is 382 g/mol. The third-order valence-corrected chi connectivity index (χ3v) is 3.60. The summed E-state index contributed by atoms with van der Waals surface area (Å²) in [6, 6.07) is 5.65. The van der Waals surface area contributed by atoms with Gasteiger partial charge in [0, 0.05) is 15.4 Å². The molecule has 0 spiro atoms. The van der Waals surface area contributed by atoms with Crippen molar-refractivity contribution in [2.75, 3.05) is 0 Å². The van der Waals surface area contributed by atoms with E-state index >= 15 is 0 Å². The molecule has 4 heteroatoms. The van der Waals surface area contributed by atoms with Crippen LogP contribution in [-0.4, -0.2) is 10.6 Å². The molecule has 0 aliphatic heterocycles. The van der Waals surface area contributed by atoms with E-state index in [1.165, 1.54) is 0 Å². The molecule has 0 aliphatic rings. The van der Waals surface area contributed by atoms with Crippen LogP contribution >= 0.6 is 47.8 Å². The summed E-state index contributed by atoms with van der Waals surface area (Å²) in [5.41, 5.74) is 1.87. The number of hydrogen-bond acceptors (Lipinski definition) is 1. The second-order valence-corrected chi connectivity index (χ2v) is 5.71. The second-order valence-electron chi connectivity index (χ2n) is 2.92. The van der Waals surface area contributed by atoms with Crippen LogP contribution in [0.1, 0.15) is 22.8 Å². The average Bonchev–Trinajstić information content (AvgIpc) is 2.16. The number of alkyl halides is 2. The first-order valence-electron chi connectivity index (χ1n) is 4.09. The van der Waals surface area contributed by atoms with Gasteiger partial charge in [0.25, 0.3) is 0 Å². The van der Waals surface area contributed by atoms with Crippen molar-refractivity contribution < 1.29 is 4.79 Å². The zero-order valence-electron chi connectivity index (χ0n) is 7.56. The molecule has 0 fully saturated rings. The van der Waals surface area contributed by atoms with E-state index in [0.717, 1.165) is 20.9 Å². The molecule has 0 saturated heterocycles. The van der Waals surface area contributed by atoms with Gasteiger partial charge in [0.1, 0.15) is 0 Å². The van der Waals surface area contributed by atoms with E-state index in [9.17, 15) is 4.79 Å². The maximum atomic E-state index is 11.6. The summed E-state index contributed by atoms with van der Waals surface area (Å²) in [5, 5.41) is 0.784. The maximum absolute atomic E-state index is 11.6. The SMILES string of the molecule is CC(Br)C(=O)c1ccc(CBr)c(Br)c1. The fourth-order valence-corrected chi connectivity index (χ4v) is 2.69. The molecule has 1 unspecified atom stereocenters. The predicted octanol–water partition coefficient (Wildman–Crippen LogP) is 4.31. The Morgan fingerprint density at radius 1 is 1.50 bits per heavy atom. The quantitative estimate of drug-likeness (QED) is 0.560. The molecule has 0 N–H and O–H groups in total. The minimum absolute atomic E-state index is 0.104. The lowest BCUT2D eigenvalue weighted by molar-refractivity contribution is 0.0996. The van der Waals surface area contributed by atoms with Crippen LogP contribution in [0.25, 0.3) is 0 Å². The number of halogens is 3. The predicted molar refractivity (Wildman–Crippen MR) is 69.5 cm³/mol. The Morgan fingerprint density at radius 2 is 2.14 bits per heavy atom. The Balaban J connectivity index is 3.03. The van der Waals surface area contributed by atoms with Crippen molar-refractivity contribution in [1.82, 2.24) is 0 Å². The Kier molecular flexibility index (Phi) is 4.80. The molecule has 0 aliphatic carbocycles. The largest absolute Gasteiger partial charge is 0.293 e. The van der Waals surface area contributed by atoms with Crippen LogP contribution in [0.15, 0.2) is 22.7 Å². The smallest absolute Gasteiger partial charge is 0.176 e. The number of benzene rings is 1. The zero-order chi connectivity index (χ0) is 10.7. The van der Waals surface area contributed by atoms with Crippen molar-refractivity contribution in [3.8, 4) is 0 Å². The first-order valence-corrected chi connectivity index (χ1v) is 6.92. The topological polar surface area (TPSA) is 17.1 Å². The van der Waals surface area contributed by atoms with Gasteiger partial charge < -0.3 is 0 Å². The summed E-state index contributed by atoms with van der Waals surface area (Å²) in [6.07, 6.45) is 0. The summed E-state index contributed by atoms with van der Waals surface area (Å²) in [5.74, 6) is 0.104. The van der Waals surface area contributed by atoms with Crippen molar-refractivity contribution in [1.29, 1.82) is 0 Å². The molecular formula is C10H9Br3O. The Morgan fingerprint density at radius 3 is 2.57 bits per heavy atom. The van der Waals surface area contributed by atoms with E-state index in [1.807, 2.05) is 25.1 Å². The number of rotatable bonds is 3. The normalized spacial score (nSPS) is 12.6. The highest BCUT2D eigenvalue weighted by molar-refractivity contribution is 9.10. The summed E-state index contributed by atoms with van der Waals surface area (Å²) >= 11 is 10.1. The Bertz CT molecular complexity index is 347. The average molecular weight is 385 g/mol. The lowest BCUT2D eigenvalue weighted by Gasteiger charge is -2.05. The molecule has 76 valence electrons. The van der Waals surface area contributed by atoms with E-state index in [0.29, 0.717) is 0 Å². The van der Waals surface area contributed by atoms with Gasteiger partial charge in [-0.2, -0.15) is 0 Å². The van der Waals surface area contributed by atoms with E-state index in [1.54, 1.807) is 0 Å². The number of ketones is 1. The van der Waals surface area contributed by atoms with Crippen LogP contribution in [-0.2, 0) is 5.33 Å². The summed E-state index contributed by atoms with van der Waals surface area (Å²) < 4.78 is 0.966. The first kappa shape index (κ1) is 12.4. The molecule has 1 atom stereocenters. The van der Waals surface area contributed by atoms with Gasteiger partial charge in [-0.25, -0.2) is 0 Å². The van der Waals surface area contributed by atoms with E-state index in [-0.39, 0.29) is 10.6 Å². The van der Waals surface area contributed by atoms with Gasteiger partial charge >= 0.3 is 0 Å². The lowest BCUT2D eigenvalue weighted by Crippen LogP contribution is -2.09. The number of carbonyl (C=O) groups is 1. The molecule has 1 aromatic rings. The first-order chi connectivity index (χ1) is 6.56. The Hall–Kier alpha value is 0.330. The fourth-order valence-electron chi connectivity index (χ4n) is 1.04. The summed E-state index contributed by atoms with van der Waals surface area (Å²) in [4.78, 5) is 11.5. The van der Waals surface area contributed by atoms with Gasteiger partial charge in [-0.05, 0) is 18.6 Å². The minimum atomic E-state index is -0.135. The van der Waals surface area contributed by atoms with Crippen LogP contribution in [0, 0.1) is 0 Å². The maximum Gasteiger partial charge on any atom is 0.176 e. The van der Waals surface area contributed by atoms with Gasteiger partial charge in [-0.1, -0.05) is 59.9 Å². The molecular weight excluding hydrogens is 376 g/mol. The molecule has 0 bridgehead atoms. The highest BCUT2D eigenvalue weighted by Gasteiger charge is 2.12. The van der Waals surface area contributed by atoms with Crippen LogP contribution in [0.5, 0.6) is 0 Å². The van der Waals surface area contributed by atoms with Gasteiger partial charge in [0.15, 0.2) is 5.78 Å². The van der Waals surface area contributed by atoms with Crippen molar-refractivity contribution >= 4 is 53.6 Å². The molecule has 1 aromatic carbocycles. The molecule has 1 nitrogen and oxygen atoms in total. The van der Waals surface area contributed by atoms with Gasteiger partial charge in [-0.3, -0.25) is 4.79 Å². The van der Waals surface area contributed by atoms with Crippen LogP contribution in [0.4, 0.5) is 0 Å². The summed E-state index contributed by atoms with van der Waals surface area (Å²) in [6.45, 7) is 1.83. The Labute approximate surface area is 109 Å². The molecule has 0 amide bonds. The standard InChI is InChI=1S/C10H9Br3O/c1-6(12)10(14)7-2-3-8(5-11)9(13)4-7/h2-4,6H,5H2,1H3. The third kappa shape index (κ3) is 2.91. The second kappa shape index (κ2) is 5.42. The van der Waals surface area contributed by atoms with E-state index in [2.05, 4.69) is 47.8 Å². The third-order valence-electron chi connectivity index (χ3n) is 1.84. The fraction of sp³-hybridized carbons (Fsp3) is 0.300. The van der Waals surface area contributed by atoms with Crippen molar-refractivity contribution in [3.05, 3.63) is 33.8 Å². The summed E-state index contributed by atoms with van der Waals surface area (Å²) in [7, 11) is 0. The number of hydrogen-bond donors (Lipinski definition) is 0. The molecule has 0 radical (unpaired) electrons. The van der Waals surface area contributed by atoms with Crippen molar-refractivity contribution in [2.45, 2.75) is 17.1 Å². The van der Waals surface area contributed by atoms with Crippen LogP contribution in [0.2, 0.25) is 0 Å². The molecule has 0 heterocycles. The van der Waals surface area contributed by atoms with Crippen LogP contribution in [0.3, 0.4) is 0 Å². The zero-order valence-corrected chi connectivity index (χ0v) is 12.3. The van der Waals surface area contributed by atoms with Crippen molar-refractivity contribution in [3.63, 3.8) is 0 Å². The lowest BCUT2D eigenvalue weighted by atomic mass is 10.1. The molecule has 0 aromatic heterocycles. The highest BCUT2D eigenvalue weighted by atomic mass is 79.9. The van der Waals surface area contributed by atoms with Gasteiger partial charge in [0.05, 0.1) is 4.83 Å². The number of carbonyl (C=O) groups excluding carboxylic acids is 1. The van der Waals surface area contributed by atoms with E-state index in [4.69, 9.17) is 0 Å². The van der Waals surface area contributed by atoms with Crippen molar-refractivity contribution in [2.24, 2.45) is 0 Å². The van der Waals surface area contributed by atoms with Crippen LogP contribution < -0.4 is 0 Å². The molecule has 1 rings (SSSR count). The van der Waals surface area contributed by atoms with Gasteiger partial charge in [-0.15, -0.1) is 0 Å². The molecule has 0 saturated carbocycles. The van der Waals surface area contributed by atoms with E-state index < -0.39 is 0 Å².